The predicted molar refractivity (Wildman–Crippen MR) is 133 cm³/mol. The first kappa shape index (κ1) is 22.2. The number of allylic oxidation sites excluding steroid dienone is 1. The second-order valence-corrected chi connectivity index (χ2v) is 8.90. The van der Waals surface area contributed by atoms with Gasteiger partial charge in [0.15, 0.2) is 0 Å². The van der Waals surface area contributed by atoms with Crippen LogP contribution in [-0.4, -0.2) is 22.1 Å². The Balaban J connectivity index is 1.76. The van der Waals surface area contributed by atoms with Gasteiger partial charge >= 0.3 is 11.7 Å². The molecule has 0 amide bonds. The van der Waals surface area contributed by atoms with Crippen LogP contribution >= 0.6 is 11.6 Å². The lowest BCUT2D eigenvalue weighted by atomic mass is 9.81. The number of ether oxygens (including phenoxy) is 1. The van der Waals surface area contributed by atoms with Crippen molar-refractivity contribution in [2.24, 2.45) is 0 Å². The van der Waals surface area contributed by atoms with Crippen molar-refractivity contribution in [2.75, 3.05) is 17.2 Å². The summed E-state index contributed by atoms with van der Waals surface area (Å²) in [6.07, 6.45) is 1.84. The highest BCUT2D eigenvalue weighted by molar-refractivity contribution is 6.30. The van der Waals surface area contributed by atoms with Crippen LogP contribution in [0.15, 0.2) is 70.7 Å². The summed E-state index contributed by atoms with van der Waals surface area (Å²) < 4.78 is 7.17. The van der Waals surface area contributed by atoms with E-state index in [2.05, 4.69) is 15.6 Å². The normalized spacial score (nSPS) is 17.1. The lowest BCUT2D eigenvalue weighted by molar-refractivity contribution is -0.138. The number of halogens is 1. The molecule has 1 fully saturated rings. The van der Waals surface area contributed by atoms with Gasteiger partial charge in [0.1, 0.15) is 11.6 Å². The standard InChI is InChI=1S/C26H25ClN4O3/c1-3-34-25(32)20-15(2)28-24-22(21(20)16-7-5-4-6-8-16)23(29-18-11-9-17(27)10-12-18)30-26(33)31(24)19-13-14-19/h4-12,19,21,28H,3,13-14H2,1-2H3,(H,29,30,33)/t21-/m1/s1. The van der Waals surface area contributed by atoms with Gasteiger partial charge in [-0.05, 0) is 56.5 Å². The van der Waals surface area contributed by atoms with Crippen LogP contribution in [0.1, 0.15) is 49.8 Å². The molecule has 1 aliphatic heterocycles. The van der Waals surface area contributed by atoms with E-state index in [0.717, 1.165) is 29.7 Å². The molecule has 0 spiro atoms. The minimum atomic E-state index is -0.468. The van der Waals surface area contributed by atoms with Crippen molar-refractivity contribution in [2.45, 2.75) is 38.6 Å². The topological polar surface area (TPSA) is 85.2 Å². The van der Waals surface area contributed by atoms with Gasteiger partial charge in [-0.25, -0.2) is 9.59 Å². The molecular formula is C26H25ClN4O3. The molecule has 2 aromatic carbocycles. The zero-order chi connectivity index (χ0) is 23.8. The van der Waals surface area contributed by atoms with E-state index in [4.69, 9.17) is 16.3 Å². The summed E-state index contributed by atoms with van der Waals surface area (Å²) in [6.45, 7) is 3.90. The number of anilines is 3. The number of benzene rings is 2. The number of nitrogens with zero attached hydrogens (tertiary/aromatic N) is 2. The fourth-order valence-corrected chi connectivity index (χ4v) is 4.58. The van der Waals surface area contributed by atoms with E-state index in [1.807, 2.05) is 49.4 Å². The van der Waals surface area contributed by atoms with Crippen molar-refractivity contribution >= 4 is 34.9 Å². The van der Waals surface area contributed by atoms with Crippen molar-refractivity contribution in [3.8, 4) is 0 Å². The first-order valence-electron chi connectivity index (χ1n) is 11.4. The molecule has 0 saturated heterocycles. The van der Waals surface area contributed by atoms with Gasteiger partial charge < -0.3 is 15.4 Å². The molecule has 8 heteroatoms. The maximum absolute atomic E-state index is 13.2. The van der Waals surface area contributed by atoms with Gasteiger partial charge in [-0.3, -0.25) is 4.57 Å². The molecule has 1 aliphatic carbocycles. The van der Waals surface area contributed by atoms with Crippen molar-refractivity contribution in [3.05, 3.63) is 92.5 Å². The zero-order valence-corrected chi connectivity index (χ0v) is 19.7. The summed E-state index contributed by atoms with van der Waals surface area (Å²) in [7, 11) is 0. The summed E-state index contributed by atoms with van der Waals surface area (Å²) in [5.41, 5.74) is 3.22. The van der Waals surface area contributed by atoms with E-state index < -0.39 is 11.9 Å². The van der Waals surface area contributed by atoms with Crippen LogP contribution in [0.3, 0.4) is 0 Å². The first-order chi connectivity index (χ1) is 16.5. The predicted octanol–water partition coefficient (Wildman–Crippen LogP) is 5.37. The Hall–Kier alpha value is -3.58. The van der Waals surface area contributed by atoms with E-state index >= 15 is 0 Å². The lowest BCUT2D eigenvalue weighted by Gasteiger charge is -2.33. The molecule has 174 valence electrons. The maximum Gasteiger partial charge on any atom is 0.351 e. The number of aromatic nitrogens is 2. The molecule has 0 radical (unpaired) electrons. The summed E-state index contributed by atoms with van der Waals surface area (Å²) in [5, 5.41) is 7.26. The van der Waals surface area contributed by atoms with Gasteiger partial charge in [0.05, 0.1) is 18.1 Å². The Labute approximate surface area is 202 Å². The van der Waals surface area contributed by atoms with E-state index in [1.165, 1.54) is 0 Å². The highest BCUT2D eigenvalue weighted by Crippen LogP contribution is 2.47. The second-order valence-electron chi connectivity index (χ2n) is 8.47. The molecule has 1 aromatic heterocycles. The molecule has 2 aliphatic rings. The number of carbonyl (C=O) groups excluding carboxylic acids is 1. The van der Waals surface area contributed by atoms with E-state index in [0.29, 0.717) is 27.9 Å². The number of hydrogen-bond acceptors (Lipinski definition) is 6. The van der Waals surface area contributed by atoms with E-state index in [9.17, 15) is 9.59 Å². The van der Waals surface area contributed by atoms with Crippen LogP contribution in [0.2, 0.25) is 5.02 Å². The maximum atomic E-state index is 13.2. The third kappa shape index (κ3) is 4.07. The first-order valence-corrected chi connectivity index (χ1v) is 11.7. The Kier molecular flexibility index (Phi) is 5.87. The van der Waals surface area contributed by atoms with Gasteiger partial charge in [0.25, 0.3) is 0 Å². The molecule has 2 N–H and O–H groups in total. The van der Waals surface area contributed by atoms with Crippen LogP contribution in [0.5, 0.6) is 0 Å². The molecule has 0 bridgehead atoms. The minimum Gasteiger partial charge on any atom is -0.463 e. The number of fused-ring (bicyclic) bond motifs is 1. The number of rotatable bonds is 6. The van der Waals surface area contributed by atoms with Crippen molar-refractivity contribution in [1.82, 2.24) is 9.55 Å². The summed E-state index contributed by atoms with van der Waals surface area (Å²) >= 11 is 6.06. The molecule has 0 unspecified atom stereocenters. The summed E-state index contributed by atoms with van der Waals surface area (Å²) in [4.78, 5) is 30.8. The quantitative estimate of drug-likeness (QED) is 0.465. The molecule has 3 aromatic rings. The summed E-state index contributed by atoms with van der Waals surface area (Å²) in [5.74, 6) is 0.200. The second kappa shape index (κ2) is 8.99. The Morgan fingerprint density at radius 1 is 1.18 bits per heavy atom. The number of esters is 1. The molecule has 5 rings (SSSR count). The Morgan fingerprint density at radius 3 is 2.53 bits per heavy atom. The third-order valence-electron chi connectivity index (χ3n) is 6.10. The smallest absolute Gasteiger partial charge is 0.351 e. The highest BCUT2D eigenvalue weighted by Gasteiger charge is 2.40. The highest BCUT2D eigenvalue weighted by atomic mass is 35.5. The average Bonchev–Trinajstić information content (AvgIpc) is 3.65. The molecule has 1 saturated carbocycles. The minimum absolute atomic E-state index is 0.0965. The van der Waals surface area contributed by atoms with E-state index in [-0.39, 0.29) is 18.3 Å². The van der Waals surface area contributed by atoms with Crippen LogP contribution in [0.4, 0.5) is 17.3 Å². The third-order valence-corrected chi connectivity index (χ3v) is 6.35. The fourth-order valence-electron chi connectivity index (χ4n) is 4.45. The van der Waals surface area contributed by atoms with Gasteiger partial charge in [-0.1, -0.05) is 41.9 Å². The van der Waals surface area contributed by atoms with Crippen molar-refractivity contribution in [1.29, 1.82) is 0 Å². The van der Waals surface area contributed by atoms with Crippen LogP contribution in [-0.2, 0) is 9.53 Å². The van der Waals surface area contributed by atoms with Gasteiger partial charge in [-0.15, -0.1) is 0 Å². The SMILES string of the molecule is CCOC(=O)C1=C(C)Nc2c(c(Nc3ccc(Cl)cc3)nc(=O)n2C2CC2)[C@@H]1c1ccccc1. The number of hydrogen-bond donors (Lipinski definition) is 2. The average molecular weight is 477 g/mol. The Bertz CT molecular complexity index is 1330. The van der Waals surface area contributed by atoms with Crippen molar-refractivity contribution < 1.29 is 9.53 Å². The summed E-state index contributed by atoms with van der Waals surface area (Å²) in [6, 6.07) is 17.0. The van der Waals surface area contributed by atoms with E-state index in [1.54, 1.807) is 23.6 Å². The number of nitrogens with one attached hydrogen (secondary N) is 2. The van der Waals surface area contributed by atoms with Crippen LogP contribution < -0.4 is 16.3 Å². The number of carbonyl (C=O) groups is 1. The van der Waals surface area contributed by atoms with Crippen LogP contribution in [0, 0.1) is 0 Å². The Morgan fingerprint density at radius 2 is 1.88 bits per heavy atom. The van der Waals surface area contributed by atoms with Gasteiger partial charge in [-0.2, -0.15) is 4.98 Å². The lowest BCUT2D eigenvalue weighted by Crippen LogP contribution is -2.33. The molecular weight excluding hydrogens is 452 g/mol. The molecule has 7 nitrogen and oxygen atoms in total. The monoisotopic (exact) mass is 476 g/mol. The van der Waals surface area contributed by atoms with Gasteiger partial charge in [0, 0.05) is 28.0 Å². The van der Waals surface area contributed by atoms with Gasteiger partial charge in [0.2, 0.25) is 0 Å². The molecule has 34 heavy (non-hydrogen) atoms. The molecule has 1 atom stereocenters. The van der Waals surface area contributed by atoms with Crippen molar-refractivity contribution in [3.63, 3.8) is 0 Å². The largest absolute Gasteiger partial charge is 0.463 e. The fraction of sp³-hybridized carbons (Fsp3) is 0.269. The van der Waals surface area contributed by atoms with Crippen LogP contribution in [0.25, 0.3) is 0 Å². The zero-order valence-electron chi connectivity index (χ0n) is 19.0. The molecule has 2 heterocycles.